The molecule has 142 valence electrons. The molecule has 27 heavy (non-hydrogen) atoms. The van der Waals surface area contributed by atoms with Crippen LogP contribution in [0.25, 0.3) is 11.0 Å². The topological polar surface area (TPSA) is 68.1 Å². The monoisotopic (exact) mass is 366 g/mol. The van der Waals surface area contributed by atoms with Crippen LogP contribution in [0.3, 0.4) is 0 Å². The number of aromatic nitrogens is 4. The Bertz CT molecular complexity index is 902. The molecule has 0 aliphatic carbocycles. The number of hydrogen-bond acceptors (Lipinski definition) is 6. The average Bonchev–Trinajstić information content (AvgIpc) is 2.95. The standard InChI is InChI=1S/C20H26N6O/c1-15-16(2)26(13-17-3-5-21-6-4-17)20-18(15)19(23-14-24-20)22-7-8-25-9-11-27-12-10-25/h3-6,14H,7-13H2,1-2H3,(H,22,23,24). The molecule has 4 rings (SSSR count). The van der Waals surface area contributed by atoms with E-state index in [1.54, 1.807) is 6.33 Å². The van der Waals surface area contributed by atoms with E-state index in [1.807, 2.05) is 24.5 Å². The van der Waals surface area contributed by atoms with E-state index in [4.69, 9.17) is 4.74 Å². The van der Waals surface area contributed by atoms with Gasteiger partial charge >= 0.3 is 0 Å². The fraction of sp³-hybridized carbons (Fsp3) is 0.450. The summed E-state index contributed by atoms with van der Waals surface area (Å²) < 4.78 is 7.67. The first-order chi connectivity index (χ1) is 13.2. The number of rotatable bonds is 6. The third-order valence-electron chi connectivity index (χ3n) is 5.32. The van der Waals surface area contributed by atoms with Crippen LogP contribution in [0.15, 0.2) is 30.9 Å². The minimum atomic E-state index is 0.781. The highest BCUT2D eigenvalue weighted by atomic mass is 16.5. The average molecular weight is 366 g/mol. The molecule has 0 saturated carbocycles. The third kappa shape index (κ3) is 3.79. The van der Waals surface area contributed by atoms with Gasteiger partial charge in [-0.05, 0) is 37.1 Å². The Morgan fingerprint density at radius 1 is 1.11 bits per heavy atom. The molecule has 0 radical (unpaired) electrons. The Morgan fingerprint density at radius 3 is 2.67 bits per heavy atom. The lowest BCUT2D eigenvalue weighted by molar-refractivity contribution is 0.0398. The summed E-state index contributed by atoms with van der Waals surface area (Å²) in [5.74, 6) is 0.919. The molecule has 0 unspecified atom stereocenters. The van der Waals surface area contributed by atoms with Crippen molar-refractivity contribution in [2.45, 2.75) is 20.4 Å². The van der Waals surface area contributed by atoms with Gasteiger partial charge in [0.25, 0.3) is 0 Å². The van der Waals surface area contributed by atoms with Crippen molar-refractivity contribution in [2.24, 2.45) is 0 Å². The molecule has 0 atom stereocenters. The summed E-state index contributed by atoms with van der Waals surface area (Å²) >= 11 is 0. The summed E-state index contributed by atoms with van der Waals surface area (Å²) in [5.41, 5.74) is 4.64. The Morgan fingerprint density at radius 2 is 1.89 bits per heavy atom. The zero-order valence-corrected chi connectivity index (χ0v) is 16.0. The van der Waals surface area contributed by atoms with Crippen LogP contribution in [0.2, 0.25) is 0 Å². The normalized spacial score (nSPS) is 15.3. The van der Waals surface area contributed by atoms with E-state index in [-0.39, 0.29) is 0 Å². The number of fused-ring (bicyclic) bond motifs is 1. The summed E-state index contributed by atoms with van der Waals surface area (Å²) in [6.07, 6.45) is 5.31. The fourth-order valence-corrected chi connectivity index (χ4v) is 3.62. The third-order valence-corrected chi connectivity index (χ3v) is 5.32. The van der Waals surface area contributed by atoms with Gasteiger partial charge in [0.05, 0.1) is 18.6 Å². The second-order valence-electron chi connectivity index (χ2n) is 6.95. The molecule has 0 bridgehead atoms. The maximum atomic E-state index is 5.41. The lowest BCUT2D eigenvalue weighted by atomic mass is 10.2. The molecule has 3 aromatic rings. The van der Waals surface area contributed by atoms with E-state index >= 15 is 0 Å². The Hall–Kier alpha value is -2.51. The van der Waals surface area contributed by atoms with Crippen LogP contribution >= 0.6 is 0 Å². The summed E-state index contributed by atoms with van der Waals surface area (Å²) in [6.45, 7) is 10.6. The molecule has 0 aromatic carbocycles. The maximum Gasteiger partial charge on any atom is 0.146 e. The number of aryl methyl sites for hydroxylation is 1. The highest BCUT2D eigenvalue weighted by molar-refractivity contribution is 5.91. The van der Waals surface area contributed by atoms with Crippen LogP contribution in [0.1, 0.15) is 16.8 Å². The summed E-state index contributed by atoms with van der Waals surface area (Å²) in [7, 11) is 0. The van der Waals surface area contributed by atoms with Gasteiger partial charge in [0, 0.05) is 50.8 Å². The molecule has 1 N–H and O–H groups in total. The number of pyridine rings is 1. The molecule has 7 heteroatoms. The van der Waals surface area contributed by atoms with Crippen molar-refractivity contribution in [2.75, 3.05) is 44.7 Å². The zero-order valence-electron chi connectivity index (χ0n) is 16.0. The Balaban J connectivity index is 1.56. The highest BCUT2D eigenvalue weighted by Crippen LogP contribution is 2.29. The Labute approximate surface area is 159 Å². The number of anilines is 1. The molecule has 7 nitrogen and oxygen atoms in total. The van der Waals surface area contributed by atoms with Gasteiger partial charge in [-0.1, -0.05) is 0 Å². The molecular formula is C20H26N6O. The molecule has 3 aromatic heterocycles. The SMILES string of the molecule is Cc1c(C)n(Cc2ccncc2)c2ncnc(NCCN3CCOCC3)c12. The van der Waals surface area contributed by atoms with E-state index in [2.05, 4.69) is 43.6 Å². The van der Waals surface area contributed by atoms with Crippen LogP contribution in [0.4, 0.5) is 5.82 Å². The van der Waals surface area contributed by atoms with Gasteiger partial charge in [-0.3, -0.25) is 9.88 Å². The van der Waals surface area contributed by atoms with Crippen LogP contribution in [-0.4, -0.2) is 63.8 Å². The van der Waals surface area contributed by atoms with Crippen LogP contribution in [0, 0.1) is 13.8 Å². The van der Waals surface area contributed by atoms with E-state index in [1.165, 1.54) is 16.8 Å². The van der Waals surface area contributed by atoms with Crippen LogP contribution in [-0.2, 0) is 11.3 Å². The first kappa shape index (κ1) is 17.9. The fourth-order valence-electron chi connectivity index (χ4n) is 3.62. The van der Waals surface area contributed by atoms with E-state index < -0.39 is 0 Å². The Kier molecular flexibility index (Phi) is 5.31. The number of nitrogens with one attached hydrogen (secondary N) is 1. The van der Waals surface area contributed by atoms with Crippen molar-refractivity contribution >= 4 is 16.9 Å². The molecular weight excluding hydrogens is 340 g/mol. The van der Waals surface area contributed by atoms with Gasteiger partial charge in [-0.2, -0.15) is 0 Å². The van der Waals surface area contributed by atoms with Gasteiger partial charge in [0.2, 0.25) is 0 Å². The lowest BCUT2D eigenvalue weighted by Crippen LogP contribution is -2.39. The van der Waals surface area contributed by atoms with Crippen LogP contribution < -0.4 is 5.32 Å². The van der Waals surface area contributed by atoms with Gasteiger partial charge in [-0.25, -0.2) is 9.97 Å². The van der Waals surface area contributed by atoms with Crippen molar-refractivity contribution in [3.8, 4) is 0 Å². The van der Waals surface area contributed by atoms with Crippen LogP contribution in [0.5, 0.6) is 0 Å². The molecule has 0 amide bonds. The molecule has 1 fully saturated rings. The van der Waals surface area contributed by atoms with Crippen molar-refractivity contribution in [1.82, 2.24) is 24.4 Å². The summed E-state index contributed by atoms with van der Waals surface area (Å²) in [4.78, 5) is 15.6. The van der Waals surface area contributed by atoms with Crippen molar-refractivity contribution < 1.29 is 4.74 Å². The number of hydrogen-bond donors (Lipinski definition) is 1. The molecule has 1 saturated heterocycles. The highest BCUT2D eigenvalue weighted by Gasteiger charge is 2.17. The predicted octanol–water partition coefficient (Wildman–Crippen LogP) is 2.24. The number of ether oxygens (including phenoxy) is 1. The van der Waals surface area contributed by atoms with Crippen molar-refractivity contribution in [1.29, 1.82) is 0 Å². The maximum absolute atomic E-state index is 5.41. The first-order valence-electron chi connectivity index (χ1n) is 9.47. The first-order valence-corrected chi connectivity index (χ1v) is 9.47. The second kappa shape index (κ2) is 8.02. The van der Waals surface area contributed by atoms with Gasteiger partial charge in [0.15, 0.2) is 0 Å². The van der Waals surface area contributed by atoms with E-state index in [9.17, 15) is 0 Å². The van der Waals surface area contributed by atoms with Gasteiger partial charge in [-0.15, -0.1) is 0 Å². The summed E-state index contributed by atoms with van der Waals surface area (Å²) in [6, 6.07) is 4.09. The zero-order chi connectivity index (χ0) is 18.6. The van der Waals surface area contributed by atoms with Gasteiger partial charge in [0.1, 0.15) is 17.8 Å². The predicted molar refractivity (Wildman–Crippen MR) is 106 cm³/mol. The van der Waals surface area contributed by atoms with E-state index in [0.29, 0.717) is 0 Å². The quantitative estimate of drug-likeness (QED) is 0.722. The van der Waals surface area contributed by atoms with Crippen molar-refractivity contribution in [3.05, 3.63) is 47.7 Å². The van der Waals surface area contributed by atoms with Crippen molar-refractivity contribution in [3.63, 3.8) is 0 Å². The second-order valence-corrected chi connectivity index (χ2v) is 6.95. The van der Waals surface area contributed by atoms with Gasteiger partial charge < -0.3 is 14.6 Å². The minimum absolute atomic E-state index is 0.781. The molecule has 1 aliphatic rings. The molecule has 0 spiro atoms. The van der Waals surface area contributed by atoms with E-state index in [0.717, 1.165) is 62.8 Å². The number of nitrogens with zero attached hydrogens (tertiary/aromatic N) is 5. The minimum Gasteiger partial charge on any atom is -0.379 e. The molecule has 4 heterocycles. The summed E-state index contributed by atoms with van der Waals surface area (Å²) in [5, 5.41) is 4.64. The smallest absolute Gasteiger partial charge is 0.146 e. The lowest BCUT2D eigenvalue weighted by Gasteiger charge is -2.26. The number of morpholine rings is 1. The largest absolute Gasteiger partial charge is 0.379 e. The molecule has 1 aliphatic heterocycles.